The normalized spacial score (nSPS) is 11.0. The number of nitrogens with zero attached hydrogens (tertiary/aromatic N) is 4. The maximum Gasteiger partial charge on any atom is 0.226 e. The van der Waals surface area contributed by atoms with E-state index in [1.54, 1.807) is 7.11 Å². The van der Waals surface area contributed by atoms with Crippen molar-refractivity contribution in [3.05, 3.63) is 42.8 Å². The number of guanidine groups is 1. The van der Waals surface area contributed by atoms with Gasteiger partial charge in [0, 0.05) is 39.2 Å². The summed E-state index contributed by atoms with van der Waals surface area (Å²) in [5.74, 6) is 3.05. The Morgan fingerprint density at radius 3 is 2.67 bits per heavy atom. The van der Waals surface area contributed by atoms with Crippen LogP contribution in [0.25, 0.3) is 11.4 Å². The van der Waals surface area contributed by atoms with Gasteiger partial charge in [-0.1, -0.05) is 17.7 Å². The number of unbranched alkanes of at least 4 members (excludes halogenated alkanes) is 3. The molecule has 0 bridgehead atoms. The van der Waals surface area contributed by atoms with Gasteiger partial charge in [-0.3, -0.25) is 4.99 Å². The van der Waals surface area contributed by atoms with Crippen LogP contribution in [0.1, 0.15) is 38.0 Å². The molecule has 2 aromatic rings. The molecule has 1 aromatic heterocycles. The topological polar surface area (TPSA) is 75.8 Å². The van der Waals surface area contributed by atoms with Crippen LogP contribution in [0, 0.1) is 0 Å². The Morgan fingerprint density at radius 2 is 2.00 bits per heavy atom. The lowest BCUT2D eigenvalue weighted by atomic mass is 10.2. The van der Waals surface area contributed by atoms with Crippen LogP contribution < -0.4 is 10.1 Å². The number of rotatable bonds is 12. The maximum atomic E-state index is 5.38. The second-order valence-electron chi connectivity index (χ2n) is 6.88. The largest absolute Gasteiger partial charge is 0.497 e. The molecule has 0 saturated carbocycles. The third-order valence-corrected chi connectivity index (χ3v) is 4.64. The van der Waals surface area contributed by atoms with Gasteiger partial charge >= 0.3 is 0 Å². The zero-order chi connectivity index (χ0) is 20.9. The van der Waals surface area contributed by atoms with Gasteiger partial charge in [0.1, 0.15) is 5.75 Å². The zero-order valence-electron chi connectivity index (χ0n) is 18.3. The Kier molecular flexibility index (Phi) is 12.8. The summed E-state index contributed by atoms with van der Waals surface area (Å²) >= 11 is 0. The Bertz CT molecular complexity index is 761. The Hall–Kier alpha value is -2.10. The minimum atomic E-state index is 0. The number of aromatic nitrogens is 2. The van der Waals surface area contributed by atoms with Crippen LogP contribution in [0.5, 0.6) is 5.75 Å². The van der Waals surface area contributed by atoms with Crippen molar-refractivity contribution in [1.82, 2.24) is 20.4 Å². The average molecular weight is 527 g/mol. The molecule has 1 aromatic carbocycles. The zero-order valence-corrected chi connectivity index (χ0v) is 20.6. The van der Waals surface area contributed by atoms with Gasteiger partial charge in [-0.25, -0.2) is 0 Å². The SMILES string of the molecule is C=CCCCN(C)C(=NC)NCCCCCc1nc(-c2ccc(OC)cc2)no1.I. The molecule has 7 nitrogen and oxygen atoms in total. The van der Waals surface area contributed by atoms with Crippen molar-refractivity contribution in [3.8, 4) is 17.1 Å². The predicted octanol–water partition coefficient (Wildman–Crippen LogP) is 4.55. The van der Waals surface area contributed by atoms with Gasteiger partial charge in [0.05, 0.1) is 7.11 Å². The summed E-state index contributed by atoms with van der Waals surface area (Å²) in [5, 5.41) is 7.49. The van der Waals surface area contributed by atoms with Crippen molar-refractivity contribution in [2.75, 3.05) is 34.3 Å². The second kappa shape index (κ2) is 14.8. The first kappa shape index (κ1) is 25.9. The molecule has 0 aliphatic carbocycles. The van der Waals surface area contributed by atoms with Gasteiger partial charge in [-0.2, -0.15) is 4.98 Å². The van der Waals surface area contributed by atoms with E-state index < -0.39 is 0 Å². The van der Waals surface area contributed by atoms with Crippen LogP contribution in [0.4, 0.5) is 0 Å². The van der Waals surface area contributed by atoms with Crippen LogP contribution in [0.3, 0.4) is 0 Å². The van der Waals surface area contributed by atoms with Gasteiger partial charge in [0.25, 0.3) is 0 Å². The summed E-state index contributed by atoms with van der Waals surface area (Å²) in [6, 6.07) is 7.65. The maximum absolute atomic E-state index is 5.38. The second-order valence-corrected chi connectivity index (χ2v) is 6.88. The molecule has 0 aliphatic rings. The number of halogens is 1. The lowest BCUT2D eigenvalue weighted by molar-refractivity contribution is 0.374. The Labute approximate surface area is 197 Å². The fourth-order valence-electron chi connectivity index (χ4n) is 2.96. The monoisotopic (exact) mass is 527 g/mol. The molecule has 0 unspecified atom stereocenters. The van der Waals surface area contributed by atoms with E-state index in [0.29, 0.717) is 11.7 Å². The molecule has 8 heteroatoms. The van der Waals surface area contributed by atoms with E-state index in [4.69, 9.17) is 9.26 Å². The van der Waals surface area contributed by atoms with E-state index in [-0.39, 0.29) is 24.0 Å². The van der Waals surface area contributed by atoms with Gasteiger partial charge < -0.3 is 19.5 Å². The molecule has 1 heterocycles. The van der Waals surface area contributed by atoms with Crippen molar-refractivity contribution in [2.24, 2.45) is 4.99 Å². The summed E-state index contributed by atoms with van der Waals surface area (Å²) in [7, 11) is 5.53. The van der Waals surface area contributed by atoms with Crippen molar-refractivity contribution in [3.63, 3.8) is 0 Å². The van der Waals surface area contributed by atoms with Gasteiger partial charge in [0.2, 0.25) is 11.7 Å². The van der Waals surface area contributed by atoms with Crippen molar-refractivity contribution in [2.45, 2.75) is 38.5 Å². The van der Waals surface area contributed by atoms with Gasteiger partial charge in [0.15, 0.2) is 5.96 Å². The summed E-state index contributed by atoms with van der Waals surface area (Å²) in [4.78, 5) is 11.0. The smallest absolute Gasteiger partial charge is 0.226 e. The highest BCUT2D eigenvalue weighted by Gasteiger charge is 2.09. The van der Waals surface area contributed by atoms with E-state index in [1.807, 2.05) is 37.4 Å². The standard InChI is InChI=1S/C22H33N5O2.HI/c1-5-6-10-17-27(3)22(23-2)24-16-9-7-8-11-20-25-21(26-29-20)18-12-14-19(28-4)15-13-18;/h5,12-15H,1,6-11,16-17H2,2-4H3,(H,23,24);1H. The fraction of sp³-hybridized carbons (Fsp3) is 0.500. The van der Waals surface area contributed by atoms with Crippen LogP contribution in [-0.2, 0) is 6.42 Å². The van der Waals surface area contributed by atoms with Crippen molar-refractivity contribution < 1.29 is 9.26 Å². The number of hydrogen-bond acceptors (Lipinski definition) is 5. The Balaban J connectivity index is 0.00000450. The lowest BCUT2D eigenvalue weighted by Gasteiger charge is -2.21. The molecule has 0 radical (unpaired) electrons. The fourth-order valence-corrected chi connectivity index (χ4v) is 2.96. The van der Waals surface area contributed by atoms with Crippen LogP contribution in [0.2, 0.25) is 0 Å². The van der Waals surface area contributed by atoms with Crippen molar-refractivity contribution >= 4 is 29.9 Å². The molecular weight excluding hydrogens is 493 g/mol. The number of benzene rings is 1. The van der Waals surface area contributed by atoms with Crippen LogP contribution in [0.15, 0.2) is 46.4 Å². The number of hydrogen-bond donors (Lipinski definition) is 1. The third kappa shape index (κ3) is 8.73. The number of aliphatic imine (C=N–C) groups is 1. The van der Waals surface area contributed by atoms with Gasteiger partial charge in [-0.15, -0.1) is 30.6 Å². The van der Waals surface area contributed by atoms with E-state index in [0.717, 1.165) is 68.9 Å². The molecule has 0 fully saturated rings. The number of aryl methyl sites for hydroxylation is 1. The van der Waals surface area contributed by atoms with Crippen LogP contribution in [-0.4, -0.2) is 55.3 Å². The minimum absolute atomic E-state index is 0. The lowest BCUT2D eigenvalue weighted by Crippen LogP contribution is -2.39. The third-order valence-electron chi connectivity index (χ3n) is 4.64. The number of allylic oxidation sites excluding steroid dienone is 1. The van der Waals surface area contributed by atoms with E-state index in [2.05, 4.69) is 39.0 Å². The molecule has 0 spiro atoms. The molecule has 0 amide bonds. The minimum Gasteiger partial charge on any atom is -0.497 e. The molecule has 1 N–H and O–H groups in total. The highest BCUT2D eigenvalue weighted by molar-refractivity contribution is 14.0. The molecule has 0 atom stereocenters. The molecule has 166 valence electrons. The summed E-state index contributed by atoms with van der Waals surface area (Å²) in [6.07, 6.45) is 8.02. The first-order valence-electron chi connectivity index (χ1n) is 10.2. The first-order valence-corrected chi connectivity index (χ1v) is 10.2. The van der Waals surface area contributed by atoms with Gasteiger partial charge in [-0.05, 0) is 49.9 Å². The number of nitrogens with one attached hydrogen (secondary N) is 1. The molecule has 30 heavy (non-hydrogen) atoms. The van der Waals surface area contributed by atoms with E-state index in [9.17, 15) is 0 Å². The molecule has 2 rings (SSSR count). The predicted molar refractivity (Wildman–Crippen MR) is 133 cm³/mol. The Morgan fingerprint density at radius 1 is 1.23 bits per heavy atom. The van der Waals surface area contributed by atoms with Crippen LogP contribution >= 0.6 is 24.0 Å². The molecular formula is C22H34IN5O2. The average Bonchev–Trinajstić information content (AvgIpc) is 3.22. The van der Waals surface area contributed by atoms with E-state index in [1.165, 1.54) is 0 Å². The molecule has 0 aliphatic heterocycles. The highest BCUT2D eigenvalue weighted by Crippen LogP contribution is 2.20. The molecule has 0 saturated heterocycles. The van der Waals surface area contributed by atoms with E-state index >= 15 is 0 Å². The highest BCUT2D eigenvalue weighted by atomic mass is 127. The summed E-state index contributed by atoms with van der Waals surface area (Å²) in [6.45, 7) is 5.64. The summed E-state index contributed by atoms with van der Waals surface area (Å²) in [5.41, 5.74) is 0.925. The number of ether oxygens (including phenoxy) is 1. The quantitative estimate of drug-likeness (QED) is 0.144. The van der Waals surface area contributed by atoms with Crippen molar-refractivity contribution in [1.29, 1.82) is 0 Å². The number of methoxy groups -OCH3 is 1. The summed E-state index contributed by atoms with van der Waals surface area (Å²) < 4.78 is 10.5. The first-order chi connectivity index (χ1) is 14.2.